The number of furan rings is 1. The fraction of sp³-hybridized carbons (Fsp3) is 0. The summed E-state index contributed by atoms with van der Waals surface area (Å²) in [6.45, 7) is 0. The summed E-state index contributed by atoms with van der Waals surface area (Å²) in [4.78, 5) is 0. The summed E-state index contributed by atoms with van der Waals surface area (Å²) in [6, 6.07) is 61.6. The minimum atomic E-state index is 0.893. The maximum atomic E-state index is 6.73. The third kappa shape index (κ3) is 3.79. The summed E-state index contributed by atoms with van der Waals surface area (Å²) >= 11 is 1.86. The fourth-order valence-corrected chi connectivity index (χ4v) is 9.91. The SMILES string of the molecule is c1ccc2c(c1)sc1c(-c3cccc4c3oc3ccc(-n5c6ccccc6c6cc(-n7c8ccccc8c8ccccc87)ccc65)cc34)cccc12. The molecule has 0 fully saturated rings. The van der Waals surface area contributed by atoms with Crippen LogP contribution in [0.5, 0.6) is 0 Å². The molecule has 0 spiro atoms. The van der Waals surface area contributed by atoms with E-state index in [4.69, 9.17) is 4.42 Å². The molecule has 0 radical (unpaired) electrons. The van der Waals surface area contributed by atoms with E-state index >= 15 is 0 Å². The second-order valence-electron chi connectivity index (χ2n) is 13.7. The third-order valence-electron chi connectivity index (χ3n) is 10.9. The zero-order chi connectivity index (χ0) is 33.9. The van der Waals surface area contributed by atoms with Crippen molar-refractivity contribution in [2.45, 2.75) is 0 Å². The Morgan fingerprint density at radius 1 is 0.365 bits per heavy atom. The monoisotopic (exact) mass is 680 g/mol. The highest BCUT2D eigenvalue weighted by Crippen LogP contribution is 2.44. The molecular weight excluding hydrogens is 653 g/mol. The van der Waals surface area contributed by atoms with Gasteiger partial charge in [-0.25, -0.2) is 0 Å². The number of benzene rings is 8. The van der Waals surface area contributed by atoms with Crippen LogP contribution in [0, 0.1) is 0 Å². The molecule has 4 heterocycles. The molecule has 0 saturated heterocycles. The Bertz CT molecular complexity index is 3370. The van der Waals surface area contributed by atoms with Crippen LogP contribution in [0.1, 0.15) is 0 Å². The van der Waals surface area contributed by atoms with Gasteiger partial charge < -0.3 is 13.6 Å². The van der Waals surface area contributed by atoms with E-state index in [1.165, 1.54) is 69.3 Å². The number of hydrogen-bond donors (Lipinski definition) is 0. The van der Waals surface area contributed by atoms with Crippen molar-refractivity contribution < 1.29 is 4.42 Å². The quantitative estimate of drug-likeness (QED) is 0.182. The topological polar surface area (TPSA) is 23.0 Å². The van der Waals surface area contributed by atoms with Crippen molar-refractivity contribution in [1.82, 2.24) is 9.13 Å². The van der Waals surface area contributed by atoms with Gasteiger partial charge in [-0.05, 0) is 60.7 Å². The number of thiophene rings is 1. The van der Waals surface area contributed by atoms with Crippen molar-refractivity contribution in [2.75, 3.05) is 0 Å². The lowest BCUT2D eigenvalue weighted by atomic mass is 10.0. The van der Waals surface area contributed by atoms with Gasteiger partial charge in [0.25, 0.3) is 0 Å². The second-order valence-corrected chi connectivity index (χ2v) is 14.7. The Balaban J connectivity index is 1.06. The molecule has 0 aliphatic rings. The van der Waals surface area contributed by atoms with E-state index in [-0.39, 0.29) is 0 Å². The molecule has 242 valence electrons. The number of aromatic nitrogens is 2. The van der Waals surface area contributed by atoms with E-state index in [1.54, 1.807) is 0 Å². The van der Waals surface area contributed by atoms with Crippen molar-refractivity contribution in [1.29, 1.82) is 0 Å². The van der Waals surface area contributed by atoms with Gasteiger partial charge in [-0.15, -0.1) is 11.3 Å². The van der Waals surface area contributed by atoms with Crippen LogP contribution in [0.4, 0.5) is 0 Å². The molecule has 0 aliphatic carbocycles. The standard InChI is InChI=1S/C48H28N2OS/c1-5-19-41-31(11-1)32-12-2-6-20-42(32)49(41)29-23-25-44-39(27-29)33-13-3-7-21-43(33)50(44)30-24-26-45-40(28-30)36-16-9-15-35(47(36)51-45)38-18-10-17-37-34-14-4-8-22-46(34)52-48(37)38/h1-28H. The Morgan fingerprint density at radius 3 is 1.60 bits per heavy atom. The highest BCUT2D eigenvalue weighted by atomic mass is 32.1. The molecule has 0 unspecified atom stereocenters. The average molecular weight is 681 g/mol. The normalized spacial score (nSPS) is 12.2. The lowest BCUT2D eigenvalue weighted by Crippen LogP contribution is -1.95. The number of para-hydroxylation sites is 4. The lowest BCUT2D eigenvalue weighted by Gasteiger charge is -2.10. The van der Waals surface area contributed by atoms with E-state index in [2.05, 4.69) is 179 Å². The van der Waals surface area contributed by atoms with Gasteiger partial charge in [-0.1, -0.05) is 109 Å². The van der Waals surface area contributed by atoms with Crippen LogP contribution in [0.3, 0.4) is 0 Å². The highest BCUT2D eigenvalue weighted by molar-refractivity contribution is 7.26. The molecule has 12 rings (SSSR count). The van der Waals surface area contributed by atoms with Crippen molar-refractivity contribution in [2.24, 2.45) is 0 Å². The van der Waals surface area contributed by atoms with Gasteiger partial charge in [0.15, 0.2) is 0 Å². The molecule has 52 heavy (non-hydrogen) atoms. The van der Waals surface area contributed by atoms with Gasteiger partial charge in [0.1, 0.15) is 11.2 Å². The van der Waals surface area contributed by atoms with E-state index < -0.39 is 0 Å². The zero-order valence-corrected chi connectivity index (χ0v) is 28.7. The van der Waals surface area contributed by atoms with Crippen LogP contribution in [0.25, 0.3) is 108 Å². The number of hydrogen-bond acceptors (Lipinski definition) is 2. The van der Waals surface area contributed by atoms with Crippen LogP contribution < -0.4 is 0 Å². The van der Waals surface area contributed by atoms with Crippen molar-refractivity contribution in [3.05, 3.63) is 170 Å². The molecule has 0 N–H and O–H groups in total. The summed E-state index contributed by atoms with van der Waals surface area (Å²) in [7, 11) is 0. The number of nitrogens with zero attached hydrogens (tertiary/aromatic N) is 2. The van der Waals surface area contributed by atoms with Gasteiger partial charge in [-0.2, -0.15) is 0 Å². The maximum absolute atomic E-state index is 6.73. The van der Waals surface area contributed by atoms with E-state index in [0.29, 0.717) is 0 Å². The Hall–Kier alpha value is -6.62. The van der Waals surface area contributed by atoms with Gasteiger partial charge in [0.05, 0.1) is 22.1 Å². The van der Waals surface area contributed by atoms with Crippen LogP contribution in [-0.2, 0) is 0 Å². The first-order valence-electron chi connectivity index (χ1n) is 17.7. The van der Waals surface area contributed by atoms with Crippen molar-refractivity contribution in [3.8, 4) is 22.5 Å². The van der Waals surface area contributed by atoms with Crippen molar-refractivity contribution >= 4 is 97.1 Å². The largest absolute Gasteiger partial charge is 0.455 e. The first-order valence-corrected chi connectivity index (χ1v) is 18.5. The summed E-state index contributed by atoms with van der Waals surface area (Å²) in [5.74, 6) is 0. The third-order valence-corrected chi connectivity index (χ3v) is 12.1. The fourth-order valence-electron chi connectivity index (χ4n) is 8.68. The minimum absolute atomic E-state index is 0.893. The molecule has 0 aliphatic heterocycles. The predicted molar refractivity (Wildman–Crippen MR) is 221 cm³/mol. The van der Waals surface area contributed by atoms with E-state index in [9.17, 15) is 0 Å². The van der Waals surface area contributed by atoms with Crippen LogP contribution in [-0.4, -0.2) is 9.13 Å². The summed E-state index contributed by atoms with van der Waals surface area (Å²) in [6.07, 6.45) is 0. The molecule has 0 saturated carbocycles. The molecule has 0 bridgehead atoms. The number of rotatable bonds is 3. The summed E-state index contributed by atoms with van der Waals surface area (Å²) in [5, 5.41) is 9.84. The molecule has 0 amide bonds. The molecular formula is C48H28N2OS. The smallest absolute Gasteiger partial charge is 0.143 e. The minimum Gasteiger partial charge on any atom is -0.455 e. The Morgan fingerprint density at radius 2 is 0.885 bits per heavy atom. The number of fused-ring (bicyclic) bond motifs is 12. The average Bonchev–Trinajstić information content (AvgIpc) is 3.95. The maximum Gasteiger partial charge on any atom is 0.143 e. The summed E-state index contributed by atoms with van der Waals surface area (Å²) in [5.41, 5.74) is 11.2. The lowest BCUT2D eigenvalue weighted by molar-refractivity contribution is 0.670. The molecule has 0 atom stereocenters. The van der Waals surface area contributed by atoms with E-state index in [0.717, 1.165) is 38.9 Å². The van der Waals surface area contributed by atoms with Crippen LogP contribution in [0.2, 0.25) is 0 Å². The van der Waals surface area contributed by atoms with Gasteiger partial charge in [-0.3, -0.25) is 0 Å². The first-order chi connectivity index (χ1) is 25.8. The highest BCUT2D eigenvalue weighted by Gasteiger charge is 2.19. The van der Waals surface area contributed by atoms with Gasteiger partial charge >= 0.3 is 0 Å². The van der Waals surface area contributed by atoms with Gasteiger partial charge in [0, 0.05) is 75.0 Å². The van der Waals surface area contributed by atoms with Crippen LogP contribution in [0.15, 0.2) is 174 Å². The summed E-state index contributed by atoms with van der Waals surface area (Å²) < 4.78 is 14.1. The first kappa shape index (κ1) is 28.1. The van der Waals surface area contributed by atoms with Gasteiger partial charge in [0.2, 0.25) is 0 Å². The van der Waals surface area contributed by atoms with E-state index in [1.807, 2.05) is 11.3 Å². The Labute approximate surface area is 301 Å². The molecule has 3 nitrogen and oxygen atoms in total. The molecule has 4 aromatic heterocycles. The Kier molecular flexibility index (Phi) is 5.65. The van der Waals surface area contributed by atoms with Crippen LogP contribution >= 0.6 is 11.3 Å². The second kappa shape index (κ2) is 10.5. The molecule has 12 aromatic rings. The van der Waals surface area contributed by atoms with Crippen molar-refractivity contribution in [3.63, 3.8) is 0 Å². The molecule has 8 aromatic carbocycles. The molecule has 4 heteroatoms. The zero-order valence-electron chi connectivity index (χ0n) is 27.9. The predicted octanol–water partition coefficient (Wildman–Crippen LogP) is 13.8.